The fraction of sp³-hybridized carbons (Fsp3) is 0.933. The van der Waals surface area contributed by atoms with E-state index in [4.69, 9.17) is 4.74 Å². The van der Waals surface area contributed by atoms with Gasteiger partial charge in [-0.3, -0.25) is 4.79 Å². The van der Waals surface area contributed by atoms with Crippen LogP contribution in [0.4, 0.5) is 0 Å². The Morgan fingerprint density at radius 2 is 2.05 bits per heavy atom. The highest BCUT2D eigenvalue weighted by atomic mass is 16.5. The van der Waals surface area contributed by atoms with Gasteiger partial charge in [0, 0.05) is 25.8 Å². The van der Waals surface area contributed by atoms with E-state index in [9.17, 15) is 9.90 Å². The molecular formula is C15H27NO3. The van der Waals surface area contributed by atoms with Gasteiger partial charge in [-0.25, -0.2) is 0 Å². The molecule has 0 bridgehead atoms. The highest BCUT2D eigenvalue weighted by Crippen LogP contribution is 2.40. The van der Waals surface area contributed by atoms with Crippen molar-refractivity contribution in [3.05, 3.63) is 0 Å². The van der Waals surface area contributed by atoms with Crippen LogP contribution in [0.3, 0.4) is 0 Å². The normalized spacial score (nSPS) is 33.5. The molecule has 2 unspecified atom stereocenters. The number of nitrogens with zero attached hydrogens (tertiary/aromatic N) is 1. The SMILES string of the molecule is CC1CCCC(CN(C)C2CCOCC2)(C(=O)O)C1. The van der Waals surface area contributed by atoms with Crippen LogP contribution >= 0.6 is 0 Å². The number of carboxylic acid groups (broad SMARTS) is 1. The van der Waals surface area contributed by atoms with Gasteiger partial charge >= 0.3 is 5.97 Å². The summed E-state index contributed by atoms with van der Waals surface area (Å²) < 4.78 is 5.39. The first-order valence-corrected chi connectivity index (χ1v) is 7.55. The third-order valence-corrected chi connectivity index (χ3v) is 4.91. The quantitative estimate of drug-likeness (QED) is 0.851. The molecule has 0 radical (unpaired) electrons. The predicted molar refractivity (Wildman–Crippen MR) is 74.2 cm³/mol. The molecule has 2 fully saturated rings. The number of carbonyl (C=O) groups is 1. The first-order chi connectivity index (χ1) is 9.03. The number of carboxylic acids is 1. The number of rotatable bonds is 4. The Labute approximate surface area is 116 Å². The van der Waals surface area contributed by atoms with E-state index in [0.29, 0.717) is 18.5 Å². The molecule has 2 aliphatic rings. The smallest absolute Gasteiger partial charge is 0.310 e. The van der Waals surface area contributed by atoms with E-state index in [1.165, 1.54) is 6.42 Å². The van der Waals surface area contributed by atoms with Gasteiger partial charge < -0.3 is 14.7 Å². The zero-order valence-electron chi connectivity index (χ0n) is 12.2. The lowest BCUT2D eigenvalue weighted by Crippen LogP contribution is -2.48. The maximum atomic E-state index is 11.8. The van der Waals surface area contributed by atoms with Crippen molar-refractivity contribution >= 4 is 5.97 Å². The van der Waals surface area contributed by atoms with Gasteiger partial charge in [0.2, 0.25) is 0 Å². The summed E-state index contributed by atoms with van der Waals surface area (Å²) in [5.41, 5.74) is -0.523. The molecule has 0 aromatic rings. The van der Waals surface area contributed by atoms with Crippen molar-refractivity contribution in [2.45, 2.75) is 51.5 Å². The predicted octanol–water partition coefficient (Wildman–Crippen LogP) is 2.38. The molecule has 0 spiro atoms. The van der Waals surface area contributed by atoms with Crippen LogP contribution in [0.2, 0.25) is 0 Å². The van der Waals surface area contributed by atoms with Crippen molar-refractivity contribution in [3.63, 3.8) is 0 Å². The number of hydrogen-bond acceptors (Lipinski definition) is 3. The van der Waals surface area contributed by atoms with Gasteiger partial charge in [0.25, 0.3) is 0 Å². The highest BCUT2D eigenvalue weighted by molar-refractivity contribution is 5.75. The van der Waals surface area contributed by atoms with Crippen molar-refractivity contribution in [1.82, 2.24) is 4.90 Å². The molecule has 110 valence electrons. The fourth-order valence-electron chi connectivity index (χ4n) is 3.80. The van der Waals surface area contributed by atoms with E-state index in [2.05, 4.69) is 18.9 Å². The van der Waals surface area contributed by atoms with Crippen LogP contribution in [0.1, 0.15) is 45.4 Å². The van der Waals surface area contributed by atoms with Crippen LogP contribution in [0, 0.1) is 11.3 Å². The molecule has 2 atom stereocenters. The number of hydrogen-bond donors (Lipinski definition) is 1. The summed E-state index contributed by atoms with van der Waals surface area (Å²) in [5.74, 6) is -0.0640. The molecule has 0 amide bonds. The van der Waals surface area contributed by atoms with E-state index in [1.54, 1.807) is 0 Å². The average molecular weight is 269 g/mol. The lowest BCUT2D eigenvalue weighted by molar-refractivity contribution is -0.154. The first-order valence-electron chi connectivity index (χ1n) is 7.55. The molecular weight excluding hydrogens is 242 g/mol. The van der Waals surface area contributed by atoms with Gasteiger partial charge in [-0.15, -0.1) is 0 Å². The van der Waals surface area contributed by atoms with Crippen LogP contribution in [0.5, 0.6) is 0 Å². The van der Waals surface area contributed by atoms with Crippen LogP contribution < -0.4 is 0 Å². The summed E-state index contributed by atoms with van der Waals surface area (Å²) in [4.78, 5) is 14.1. The van der Waals surface area contributed by atoms with E-state index >= 15 is 0 Å². The minimum Gasteiger partial charge on any atom is -0.481 e. The molecule has 0 aromatic heterocycles. The van der Waals surface area contributed by atoms with E-state index in [1.807, 2.05) is 0 Å². The van der Waals surface area contributed by atoms with Crippen molar-refractivity contribution < 1.29 is 14.6 Å². The Morgan fingerprint density at radius 3 is 2.63 bits per heavy atom. The lowest BCUT2D eigenvalue weighted by Gasteiger charge is -2.42. The number of ether oxygens (including phenoxy) is 1. The van der Waals surface area contributed by atoms with Gasteiger partial charge in [0.15, 0.2) is 0 Å². The van der Waals surface area contributed by atoms with Gasteiger partial charge in [-0.2, -0.15) is 0 Å². The molecule has 2 rings (SSSR count). The Balaban J connectivity index is 2.01. The third-order valence-electron chi connectivity index (χ3n) is 4.91. The topological polar surface area (TPSA) is 49.8 Å². The van der Waals surface area contributed by atoms with Crippen LogP contribution in [0.25, 0.3) is 0 Å². The molecule has 4 heteroatoms. The van der Waals surface area contributed by atoms with E-state index < -0.39 is 11.4 Å². The Kier molecular flexibility index (Phi) is 4.85. The Bertz CT molecular complexity index is 315. The maximum absolute atomic E-state index is 11.8. The minimum absolute atomic E-state index is 0.488. The van der Waals surface area contributed by atoms with Gasteiger partial charge in [-0.05, 0) is 38.6 Å². The van der Waals surface area contributed by atoms with Crippen molar-refractivity contribution in [2.75, 3.05) is 26.8 Å². The van der Waals surface area contributed by atoms with Gasteiger partial charge in [0.05, 0.1) is 5.41 Å². The first kappa shape index (κ1) is 14.8. The molecule has 1 heterocycles. The third kappa shape index (κ3) is 3.48. The van der Waals surface area contributed by atoms with Gasteiger partial charge in [-0.1, -0.05) is 19.8 Å². The molecule has 4 nitrogen and oxygen atoms in total. The molecule has 0 aromatic carbocycles. The van der Waals surface area contributed by atoms with Crippen LogP contribution in [-0.4, -0.2) is 48.8 Å². The van der Waals surface area contributed by atoms with Gasteiger partial charge in [0.1, 0.15) is 0 Å². The summed E-state index contributed by atoms with van der Waals surface area (Å²) in [6.45, 7) is 4.50. The van der Waals surface area contributed by atoms with E-state index in [0.717, 1.165) is 45.3 Å². The summed E-state index contributed by atoms with van der Waals surface area (Å²) in [6, 6.07) is 0.488. The summed E-state index contributed by atoms with van der Waals surface area (Å²) in [6.07, 6.45) is 5.95. The average Bonchev–Trinajstić information content (AvgIpc) is 2.39. The van der Waals surface area contributed by atoms with Crippen LogP contribution in [0.15, 0.2) is 0 Å². The fourth-order valence-corrected chi connectivity index (χ4v) is 3.80. The summed E-state index contributed by atoms with van der Waals surface area (Å²) in [5, 5.41) is 9.70. The monoisotopic (exact) mass is 269 g/mol. The number of aliphatic carboxylic acids is 1. The second-order valence-electron chi connectivity index (χ2n) is 6.55. The molecule has 1 aliphatic carbocycles. The van der Waals surface area contributed by atoms with Crippen LogP contribution in [-0.2, 0) is 9.53 Å². The summed E-state index contributed by atoms with van der Waals surface area (Å²) >= 11 is 0. The second kappa shape index (κ2) is 6.23. The van der Waals surface area contributed by atoms with Crippen molar-refractivity contribution in [3.8, 4) is 0 Å². The molecule has 1 saturated carbocycles. The van der Waals surface area contributed by atoms with Crippen molar-refractivity contribution in [1.29, 1.82) is 0 Å². The summed E-state index contributed by atoms with van der Waals surface area (Å²) in [7, 11) is 2.08. The molecule has 1 saturated heterocycles. The maximum Gasteiger partial charge on any atom is 0.310 e. The standard InChI is InChI=1S/C15H27NO3/c1-12-4-3-7-15(10-12,14(17)18)11-16(2)13-5-8-19-9-6-13/h12-13H,3-11H2,1-2H3,(H,17,18). The zero-order valence-corrected chi connectivity index (χ0v) is 12.2. The van der Waals surface area contributed by atoms with E-state index in [-0.39, 0.29) is 0 Å². The lowest BCUT2D eigenvalue weighted by atomic mass is 9.69. The second-order valence-corrected chi connectivity index (χ2v) is 6.55. The highest BCUT2D eigenvalue weighted by Gasteiger charge is 2.43. The molecule has 1 N–H and O–H groups in total. The Morgan fingerprint density at radius 1 is 1.37 bits per heavy atom. The minimum atomic E-state index is -0.599. The zero-order chi connectivity index (χ0) is 13.9. The van der Waals surface area contributed by atoms with Crippen molar-refractivity contribution in [2.24, 2.45) is 11.3 Å². The molecule has 19 heavy (non-hydrogen) atoms. The Hall–Kier alpha value is -0.610. The molecule has 1 aliphatic heterocycles. The largest absolute Gasteiger partial charge is 0.481 e.